The highest BCUT2D eigenvalue weighted by Crippen LogP contribution is 2.22. The van der Waals surface area contributed by atoms with Gasteiger partial charge in [0.15, 0.2) is 0 Å². The van der Waals surface area contributed by atoms with Crippen LogP contribution >= 0.6 is 15.9 Å². The second-order valence-corrected chi connectivity index (χ2v) is 4.80. The fourth-order valence-electron chi connectivity index (χ4n) is 1.74. The molecule has 17 heavy (non-hydrogen) atoms. The molecule has 1 rings (SSSR count). The molecule has 0 spiro atoms. The zero-order valence-electron chi connectivity index (χ0n) is 10.7. The van der Waals surface area contributed by atoms with Crippen LogP contribution in [0.5, 0.6) is 5.88 Å². The van der Waals surface area contributed by atoms with Crippen molar-refractivity contribution in [1.82, 2.24) is 9.97 Å². The zero-order chi connectivity index (χ0) is 12.7. The van der Waals surface area contributed by atoms with Crippen molar-refractivity contribution in [2.75, 3.05) is 30.9 Å². The fraction of sp³-hybridized carbons (Fsp3) is 0.667. The molecule has 0 saturated carbocycles. The Morgan fingerprint density at radius 1 is 1.29 bits per heavy atom. The number of alkyl halides is 1. The molecule has 0 fully saturated rings. The molecule has 0 N–H and O–H groups in total. The third-order valence-electron chi connectivity index (χ3n) is 2.69. The molecule has 0 saturated heterocycles. The number of methoxy groups -OCH3 is 1. The predicted octanol–water partition coefficient (Wildman–Crippen LogP) is 2.80. The van der Waals surface area contributed by atoms with Crippen LogP contribution in [0.4, 0.5) is 5.82 Å². The van der Waals surface area contributed by atoms with Gasteiger partial charge in [-0.2, -0.15) is 0 Å². The first-order valence-electron chi connectivity index (χ1n) is 5.83. The number of hydrogen-bond donors (Lipinski definition) is 0. The van der Waals surface area contributed by atoms with Gasteiger partial charge in [0.2, 0.25) is 5.88 Å². The van der Waals surface area contributed by atoms with Crippen LogP contribution < -0.4 is 9.64 Å². The summed E-state index contributed by atoms with van der Waals surface area (Å²) in [6.45, 7) is 3.00. The molecule has 0 unspecified atom stereocenters. The molecule has 0 aliphatic heterocycles. The molecule has 0 bridgehead atoms. The molecule has 0 amide bonds. The van der Waals surface area contributed by atoms with E-state index in [1.165, 1.54) is 19.3 Å². The van der Waals surface area contributed by atoms with E-state index in [4.69, 9.17) is 4.74 Å². The van der Waals surface area contributed by atoms with Crippen molar-refractivity contribution in [3.05, 3.63) is 11.9 Å². The smallest absolute Gasteiger partial charge is 0.221 e. The van der Waals surface area contributed by atoms with Crippen LogP contribution in [0.25, 0.3) is 0 Å². The van der Waals surface area contributed by atoms with E-state index in [0.29, 0.717) is 5.88 Å². The molecular formula is C12H20BrN3O. The Morgan fingerprint density at radius 3 is 2.71 bits per heavy atom. The first kappa shape index (κ1) is 14.2. The Morgan fingerprint density at radius 2 is 2.06 bits per heavy atom. The highest BCUT2D eigenvalue weighted by molar-refractivity contribution is 9.09. The molecule has 1 heterocycles. The van der Waals surface area contributed by atoms with Gasteiger partial charge < -0.3 is 9.64 Å². The molecule has 1 aromatic heterocycles. The maximum absolute atomic E-state index is 5.19. The summed E-state index contributed by atoms with van der Waals surface area (Å²) in [5, 5.41) is 1.08. The molecule has 4 nitrogen and oxygen atoms in total. The second-order valence-electron chi connectivity index (χ2n) is 4.00. The van der Waals surface area contributed by atoms with Crippen LogP contribution in [0.3, 0.4) is 0 Å². The Balaban J connectivity index is 2.59. The first-order valence-corrected chi connectivity index (χ1v) is 6.95. The summed E-state index contributed by atoms with van der Waals surface area (Å²) in [6, 6.07) is 0. The van der Waals surface area contributed by atoms with E-state index >= 15 is 0 Å². The van der Waals surface area contributed by atoms with Crippen molar-refractivity contribution < 1.29 is 4.74 Å². The van der Waals surface area contributed by atoms with Gasteiger partial charge in [-0.1, -0.05) is 22.4 Å². The van der Waals surface area contributed by atoms with Crippen LogP contribution in [0, 0.1) is 6.92 Å². The fourth-order valence-corrected chi connectivity index (χ4v) is 2.14. The van der Waals surface area contributed by atoms with Crippen LogP contribution in [-0.2, 0) is 0 Å². The standard InChI is InChI=1S/C12H20BrN3O/c1-10-11(14-9-15-12(10)17-3)16(2)8-6-4-5-7-13/h9H,4-8H2,1-3H3. The lowest BCUT2D eigenvalue weighted by Gasteiger charge is -2.20. The second kappa shape index (κ2) is 7.48. The number of nitrogens with zero attached hydrogens (tertiary/aromatic N) is 3. The van der Waals surface area contributed by atoms with Crippen molar-refractivity contribution >= 4 is 21.7 Å². The maximum Gasteiger partial charge on any atom is 0.221 e. The Hall–Kier alpha value is -0.840. The maximum atomic E-state index is 5.19. The molecule has 0 radical (unpaired) electrons. The van der Waals surface area contributed by atoms with E-state index in [2.05, 4.69) is 37.8 Å². The molecule has 0 aliphatic rings. The van der Waals surface area contributed by atoms with Gasteiger partial charge in [-0.25, -0.2) is 9.97 Å². The van der Waals surface area contributed by atoms with Gasteiger partial charge in [0.1, 0.15) is 12.1 Å². The van der Waals surface area contributed by atoms with Crippen LogP contribution in [0.1, 0.15) is 24.8 Å². The number of aromatic nitrogens is 2. The number of hydrogen-bond acceptors (Lipinski definition) is 4. The predicted molar refractivity (Wildman–Crippen MR) is 74.2 cm³/mol. The van der Waals surface area contributed by atoms with Crippen molar-refractivity contribution in [1.29, 1.82) is 0 Å². The normalized spacial score (nSPS) is 10.4. The molecule has 96 valence electrons. The summed E-state index contributed by atoms with van der Waals surface area (Å²) in [6.07, 6.45) is 5.18. The monoisotopic (exact) mass is 301 g/mol. The lowest BCUT2D eigenvalue weighted by atomic mass is 10.2. The van der Waals surface area contributed by atoms with Crippen molar-refractivity contribution in [3.8, 4) is 5.88 Å². The summed E-state index contributed by atoms with van der Waals surface area (Å²) in [5.74, 6) is 1.61. The van der Waals surface area contributed by atoms with E-state index in [9.17, 15) is 0 Å². The molecule has 0 aliphatic carbocycles. The average molecular weight is 302 g/mol. The van der Waals surface area contributed by atoms with Crippen molar-refractivity contribution in [2.45, 2.75) is 26.2 Å². The van der Waals surface area contributed by atoms with Gasteiger partial charge in [0.05, 0.1) is 12.7 Å². The van der Waals surface area contributed by atoms with Gasteiger partial charge in [-0.3, -0.25) is 0 Å². The van der Waals surface area contributed by atoms with E-state index in [1.54, 1.807) is 13.4 Å². The van der Waals surface area contributed by atoms with Gasteiger partial charge in [0, 0.05) is 18.9 Å². The lowest BCUT2D eigenvalue weighted by molar-refractivity contribution is 0.393. The average Bonchev–Trinajstić information content (AvgIpc) is 2.34. The number of halogens is 1. The molecule has 1 aromatic rings. The van der Waals surface area contributed by atoms with E-state index < -0.39 is 0 Å². The minimum Gasteiger partial charge on any atom is -0.481 e. The summed E-state index contributed by atoms with van der Waals surface area (Å²) in [7, 11) is 3.69. The van der Waals surface area contributed by atoms with Crippen molar-refractivity contribution in [2.24, 2.45) is 0 Å². The molecule has 0 aromatic carbocycles. The Labute approximate surface area is 112 Å². The zero-order valence-corrected chi connectivity index (χ0v) is 12.3. The summed E-state index contributed by atoms with van der Waals surface area (Å²) >= 11 is 3.44. The third kappa shape index (κ3) is 4.15. The summed E-state index contributed by atoms with van der Waals surface area (Å²) in [5.41, 5.74) is 0.998. The SMILES string of the molecule is COc1ncnc(N(C)CCCCCBr)c1C. The van der Waals surface area contributed by atoms with Gasteiger partial charge >= 0.3 is 0 Å². The van der Waals surface area contributed by atoms with Crippen LogP contribution in [0.15, 0.2) is 6.33 Å². The number of unbranched alkanes of at least 4 members (excludes halogenated alkanes) is 2. The van der Waals surface area contributed by atoms with Crippen LogP contribution in [-0.4, -0.2) is 36.0 Å². The molecule has 5 heteroatoms. The molecular weight excluding hydrogens is 282 g/mol. The lowest BCUT2D eigenvalue weighted by Crippen LogP contribution is -2.21. The summed E-state index contributed by atoms with van der Waals surface area (Å²) < 4.78 is 5.19. The number of ether oxygens (including phenoxy) is 1. The Kier molecular flexibility index (Phi) is 6.26. The quantitative estimate of drug-likeness (QED) is 0.573. The van der Waals surface area contributed by atoms with Gasteiger partial charge in [-0.05, 0) is 19.8 Å². The van der Waals surface area contributed by atoms with E-state index in [1.807, 2.05) is 6.92 Å². The van der Waals surface area contributed by atoms with E-state index in [-0.39, 0.29) is 0 Å². The van der Waals surface area contributed by atoms with Gasteiger partial charge in [0.25, 0.3) is 0 Å². The topological polar surface area (TPSA) is 38.3 Å². The summed E-state index contributed by atoms with van der Waals surface area (Å²) in [4.78, 5) is 10.6. The number of rotatable bonds is 7. The molecule has 0 atom stereocenters. The van der Waals surface area contributed by atoms with E-state index in [0.717, 1.165) is 23.3 Å². The minimum atomic E-state index is 0.655. The van der Waals surface area contributed by atoms with Crippen LogP contribution in [0.2, 0.25) is 0 Å². The first-order chi connectivity index (χ1) is 8.20. The highest BCUT2D eigenvalue weighted by Gasteiger charge is 2.10. The third-order valence-corrected chi connectivity index (χ3v) is 3.25. The number of anilines is 1. The largest absolute Gasteiger partial charge is 0.481 e. The Bertz CT molecular complexity index is 347. The van der Waals surface area contributed by atoms with Crippen molar-refractivity contribution in [3.63, 3.8) is 0 Å². The minimum absolute atomic E-state index is 0.655. The highest BCUT2D eigenvalue weighted by atomic mass is 79.9. The van der Waals surface area contributed by atoms with Gasteiger partial charge in [-0.15, -0.1) is 0 Å².